The van der Waals surface area contributed by atoms with Gasteiger partial charge in [0.2, 0.25) is 0 Å². The number of halogens is 1. The lowest BCUT2D eigenvalue weighted by atomic mass is 10.1. The predicted molar refractivity (Wildman–Crippen MR) is 89.8 cm³/mol. The lowest BCUT2D eigenvalue weighted by molar-refractivity contribution is -0.147. The Morgan fingerprint density at radius 3 is 2.70 bits per heavy atom. The minimum atomic E-state index is -0.246. The number of hydrogen-bond acceptors (Lipinski definition) is 3. The SMILES string of the molecule is CCNC(=NCc1ccc(C)c(F)c1)NCCC(=O)OC(C)C. The van der Waals surface area contributed by atoms with E-state index in [1.807, 2.05) is 26.8 Å². The van der Waals surface area contributed by atoms with Crippen molar-refractivity contribution < 1.29 is 13.9 Å². The van der Waals surface area contributed by atoms with Crippen LogP contribution < -0.4 is 10.6 Å². The van der Waals surface area contributed by atoms with Gasteiger partial charge in [0, 0.05) is 13.1 Å². The van der Waals surface area contributed by atoms with E-state index < -0.39 is 0 Å². The van der Waals surface area contributed by atoms with Crippen molar-refractivity contribution in [3.05, 3.63) is 35.1 Å². The average molecular weight is 323 g/mol. The zero-order valence-electron chi connectivity index (χ0n) is 14.3. The summed E-state index contributed by atoms with van der Waals surface area (Å²) in [5.41, 5.74) is 1.41. The zero-order chi connectivity index (χ0) is 17.2. The van der Waals surface area contributed by atoms with E-state index in [0.717, 1.165) is 5.56 Å². The van der Waals surface area contributed by atoms with E-state index in [9.17, 15) is 9.18 Å². The molecule has 0 atom stereocenters. The Morgan fingerprint density at radius 1 is 1.35 bits per heavy atom. The molecule has 0 aromatic heterocycles. The molecule has 0 spiro atoms. The predicted octanol–water partition coefficient (Wildman–Crippen LogP) is 2.53. The summed E-state index contributed by atoms with van der Waals surface area (Å²) in [6.07, 6.45) is 0.155. The number of aryl methyl sites for hydroxylation is 1. The molecular formula is C17H26FN3O2. The van der Waals surface area contributed by atoms with Crippen molar-refractivity contribution in [2.24, 2.45) is 4.99 Å². The lowest BCUT2D eigenvalue weighted by Gasteiger charge is -2.12. The second-order valence-electron chi connectivity index (χ2n) is 5.49. The number of aliphatic imine (C=N–C) groups is 1. The van der Waals surface area contributed by atoms with Crippen LogP contribution in [-0.2, 0) is 16.1 Å². The van der Waals surface area contributed by atoms with Crippen LogP contribution in [0.3, 0.4) is 0 Å². The Kier molecular flexibility index (Phi) is 8.08. The average Bonchev–Trinajstić information content (AvgIpc) is 2.47. The largest absolute Gasteiger partial charge is 0.463 e. The van der Waals surface area contributed by atoms with Gasteiger partial charge in [-0.25, -0.2) is 9.38 Å². The molecule has 23 heavy (non-hydrogen) atoms. The van der Waals surface area contributed by atoms with Crippen LogP contribution >= 0.6 is 0 Å². The molecule has 1 aromatic rings. The van der Waals surface area contributed by atoms with Crippen molar-refractivity contribution in [1.82, 2.24) is 10.6 Å². The van der Waals surface area contributed by atoms with Crippen LogP contribution in [0.25, 0.3) is 0 Å². The first-order valence-corrected chi connectivity index (χ1v) is 7.89. The molecule has 0 radical (unpaired) electrons. The van der Waals surface area contributed by atoms with Crippen molar-refractivity contribution >= 4 is 11.9 Å². The van der Waals surface area contributed by atoms with E-state index in [1.54, 1.807) is 13.0 Å². The van der Waals surface area contributed by atoms with Gasteiger partial charge in [-0.05, 0) is 44.9 Å². The molecule has 0 unspecified atom stereocenters. The van der Waals surface area contributed by atoms with Gasteiger partial charge >= 0.3 is 5.97 Å². The molecule has 0 saturated carbocycles. The van der Waals surface area contributed by atoms with E-state index in [-0.39, 0.29) is 24.3 Å². The summed E-state index contributed by atoms with van der Waals surface area (Å²) in [5.74, 6) is 0.113. The summed E-state index contributed by atoms with van der Waals surface area (Å²) in [6, 6.07) is 5.08. The van der Waals surface area contributed by atoms with Crippen molar-refractivity contribution in [2.75, 3.05) is 13.1 Å². The Bertz CT molecular complexity index is 545. The number of carbonyl (C=O) groups is 1. The summed E-state index contributed by atoms with van der Waals surface area (Å²) in [5, 5.41) is 6.15. The number of benzene rings is 1. The molecule has 0 heterocycles. The van der Waals surface area contributed by atoms with Gasteiger partial charge in [0.05, 0.1) is 19.1 Å². The van der Waals surface area contributed by atoms with Crippen LogP contribution in [0.2, 0.25) is 0 Å². The summed E-state index contributed by atoms with van der Waals surface area (Å²) >= 11 is 0. The topological polar surface area (TPSA) is 62.7 Å². The van der Waals surface area contributed by atoms with Gasteiger partial charge in [-0.3, -0.25) is 4.79 Å². The van der Waals surface area contributed by atoms with Gasteiger partial charge in [-0.15, -0.1) is 0 Å². The second-order valence-corrected chi connectivity index (χ2v) is 5.49. The van der Waals surface area contributed by atoms with E-state index >= 15 is 0 Å². The van der Waals surface area contributed by atoms with Gasteiger partial charge < -0.3 is 15.4 Å². The second kappa shape index (κ2) is 9.82. The highest BCUT2D eigenvalue weighted by Gasteiger charge is 2.06. The highest BCUT2D eigenvalue weighted by molar-refractivity contribution is 5.80. The van der Waals surface area contributed by atoms with Crippen molar-refractivity contribution in [3.8, 4) is 0 Å². The number of nitrogens with one attached hydrogen (secondary N) is 2. The highest BCUT2D eigenvalue weighted by atomic mass is 19.1. The molecular weight excluding hydrogens is 297 g/mol. The number of ether oxygens (including phenoxy) is 1. The molecule has 1 rings (SSSR count). The fraction of sp³-hybridized carbons (Fsp3) is 0.529. The van der Waals surface area contributed by atoms with E-state index in [2.05, 4.69) is 15.6 Å². The fourth-order valence-electron chi connectivity index (χ4n) is 1.85. The van der Waals surface area contributed by atoms with E-state index in [1.165, 1.54) is 6.07 Å². The monoisotopic (exact) mass is 323 g/mol. The number of guanidine groups is 1. The molecule has 5 nitrogen and oxygen atoms in total. The summed E-state index contributed by atoms with van der Waals surface area (Å²) in [4.78, 5) is 15.9. The molecule has 0 bridgehead atoms. The third-order valence-corrected chi connectivity index (χ3v) is 2.99. The van der Waals surface area contributed by atoms with Crippen LogP contribution in [-0.4, -0.2) is 31.1 Å². The maximum atomic E-state index is 13.5. The first-order valence-electron chi connectivity index (χ1n) is 7.89. The van der Waals surface area contributed by atoms with E-state index in [4.69, 9.17) is 4.74 Å². The zero-order valence-corrected chi connectivity index (χ0v) is 14.3. The van der Waals surface area contributed by atoms with Crippen LogP contribution in [0.5, 0.6) is 0 Å². The Morgan fingerprint density at radius 2 is 2.09 bits per heavy atom. The molecule has 0 saturated heterocycles. The lowest BCUT2D eigenvalue weighted by Crippen LogP contribution is -2.38. The van der Waals surface area contributed by atoms with Gasteiger partial charge in [0.1, 0.15) is 5.82 Å². The normalized spacial score (nSPS) is 11.5. The first kappa shape index (κ1) is 18.9. The van der Waals surface area contributed by atoms with Crippen molar-refractivity contribution in [2.45, 2.75) is 46.8 Å². The maximum Gasteiger partial charge on any atom is 0.307 e. The number of hydrogen-bond donors (Lipinski definition) is 2. The molecule has 0 fully saturated rings. The number of esters is 1. The maximum absolute atomic E-state index is 13.5. The molecule has 128 valence electrons. The minimum Gasteiger partial charge on any atom is -0.463 e. The van der Waals surface area contributed by atoms with Crippen LogP contribution in [0.4, 0.5) is 4.39 Å². The third-order valence-electron chi connectivity index (χ3n) is 2.99. The van der Waals surface area contributed by atoms with Gasteiger partial charge in [0.15, 0.2) is 5.96 Å². The van der Waals surface area contributed by atoms with Gasteiger partial charge in [-0.1, -0.05) is 12.1 Å². The molecule has 0 aliphatic carbocycles. The van der Waals surface area contributed by atoms with Crippen LogP contribution in [0.15, 0.2) is 23.2 Å². The smallest absolute Gasteiger partial charge is 0.307 e. The summed E-state index contributed by atoms with van der Waals surface area (Å²) < 4.78 is 18.6. The molecule has 0 aliphatic rings. The number of carbonyl (C=O) groups excluding carboxylic acids is 1. The Hall–Kier alpha value is -2.11. The van der Waals surface area contributed by atoms with E-state index in [0.29, 0.717) is 31.2 Å². The molecule has 1 aromatic carbocycles. The third kappa shape index (κ3) is 7.63. The molecule has 0 aliphatic heterocycles. The standard InChI is InChI=1S/C17H26FN3O2/c1-5-19-17(20-9-8-16(22)23-12(2)3)21-11-14-7-6-13(4)15(18)10-14/h6-7,10,12H,5,8-9,11H2,1-4H3,(H2,19,20,21). The Balaban J connectivity index is 2.52. The summed E-state index contributed by atoms with van der Waals surface area (Å²) in [6.45, 7) is 8.81. The number of rotatable bonds is 7. The molecule has 2 N–H and O–H groups in total. The van der Waals surface area contributed by atoms with Gasteiger partial charge in [-0.2, -0.15) is 0 Å². The molecule has 6 heteroatoms. The minimum absolute atomic E-state index is 0.110. The van der Waals surface area contributed by atoms with Crippen molar-refractivity contribution in [3.63, 3.8) is 0 Å². The number of nitrogens with zero attached hydrogens (tertiary/aromatic N) is 1. The van der Waals surface area contributed by atoms with Crippen LogP contribution in [0, 0.1) is 12.7 Å². The van der Waals surface area contributed by atoms with Crippen molar-refractivity contribution in [1.29, 1.82) is 0 Å². The first-order chi connectivity index (χ1) is 10.9. The quantitative estimate of drug-likeness (QED) is 0.460. The van der Waals surface area contributed by atoms with Crippen LogP contribution in [0.1, 0.15) is 38.3 Å². The van der Waals surface area contributed by atoms with Gasteiger partial charge in [0.25, 0.3) is 0 Å². The summed E-state index contributed by atoms with van der Waals surface area (Å²) in [7, 11) is 0. The molecule has 0 amide bonds. The fourth-order valence-corrected chi connectivity index (χ4v) is 1.85. The highest BCUT2D eigenvalue weighted by Crippen LogP contribution is 2.09. The Labute approximate surface area is 137 Å².